The molecule has 1 fully saturated rings. The Morgan fingerprint density at radius 1 is 1.11 bits per heavy atom. The van der Waals surface area contributed by atoms with Crippen LogP contribution in [0.1, 0.15) is 30.9 Å². The van der Waals surface area contributed by atoms with Crippen LogP contribution in [0.15, 0.2) is 42.7 Å². The zero-order valence-corrected chi connectivity index (χ0v) is 16.7. The lowest BCUT2D eigenvalue weighted by atomic mass is 10.1. The van der Waals surface area contributed by atoms with E-state index in [2.05, 4.69) is 39.9 Å². The van der Waals surface area contributed by atoms with Crippen LogP contribution in [0, 0.1) is 0 Å². The summed E-state index contributed by atoms with van der Waals surface area (Å²) in [4.78, 5) is 9.41. The minimum atomic E-state index is 0.631. The lowest BCUT2D eigenvalue weighted by molar-refractivity contribution is 0.166. The summed E-state index contributed by atoms with van der Waals surface area (Å²) in [5.74, 6) is 1.56. The highest BCUT2D eigenvalue weighted by Crippen LogP contribution is 2.28. The Hall–Kier alpha value is -2.11. The summed E-state index contributed by atoms with van der Waals surface area (Å²) < 4.78 is 10.9. The molecule has 146 valence electrons. The molecule has 2 aromatic rings. The number of methoxy groups -OCH3 is 2. The molecule has 27 heavy (non-hydrogen) atoms. The largest absolute Gasteiger partial charge is 0.493 e. The van der Waals surface area contributed by atoms with Gasteiger partial charge >= 0.3 is 0 Å². The predicted octanol–water partition coefficient (Wildman–Crippen LogP) is 3.59. The van der Waals surface area contributed by atoms with Crippen LogP contribution in [0.2, 0.25) is 0 Å². The molecule has 1 unspecified atom stereocenters. The summed E-state index contributed by atoms with van der Waals surface area (Å²) >= 11 is 0. The highest BCUT2D eigenvalue weighted by Gasteiger charge is 2.25. The van der Waals surface area contributed by atoms with E-state index in [4.69, 9.17) is 9.47 Å². The Bertz CT molecular complexity index is 708. The molecule has 0 aliphatic carbocycles. The van der Waals surface area contributed by atoms with Crippen molar-refractivity contribution in [3.8, 4) is 11.5 Å². The van der Waals surface area contributed by atoms with Gasteiger partial charge in [0.05, 0.1) is 14.2 Å². The van der Waals surface area contributed by atoms with E-state index < -0.39 is 0 Å². The molecule has 1 aromatic carbocycles. The van der Waals surface area contributed by atoms with Gasteiger partial charge in [0.1, 0.15) is 0 Å². The molecule has 1 atom stereocenters. The summed E-state index contributed by atoms with van der Waals surface area (Å²) in [5, 5.41) is 0. The lowest BCUT2D eigenvalue weighted by Crippen LogP contribution is -2.39. The number of benzene rings is 1. The molecule has 1 aliphatic heterocycles. The highest BCUT2D eigenvalue weighted by atomic mass is 16.5. The normalized spacial score (nSPS) is 17.4. The number of aromatic nitrogens is 1. The molecule has 0 saturated carbocycles. The topological polar surface area (TPSA) is 37.8 Å². The Labute approximate surface area is 162 Å². The van der Waals surface area contributed by atoms with Gasteiger partial charge in [0.25, 0.3) is 0 Å². The van der Waals surface area contributed by atoms with Crippen LogP contribution in [-0.4, -0.2) is 54.7 Å². The van der Waals surface area contributed by atoms with E-state index in [-0.39, 0.29) is 0 Å². The first-order valence-corrected chi connectivity index (χ1v) is 9.79. The zero-order chi connectivity index (χ0) is 19.1. The fourth-order valence-electron chi connectivity index (χ4n) is 3.99. The average molecular weight is 370 g/mol. The molecule has 1 aliphatic rings. The molecule has 3 rings (SSSR count). The van der Waals surface area contributed by atoms with Crippen molar-refractivity contribution in [2.75, 3.05) is 33.9 Å². The molecule has 0 radical (unpaired) electrons. The second kappa shape index (κ2) is 9.72. The quantitative estimate of drug-likeness (QED) is 0.675. The summed E-state index contributed by atoms with van der Waals surface area (Å²) in [6, 6.07) is 11.0. The first-order valence-electron chi connectivity index (χ1n) is 9.79. The van der Waals surface area contributed by atoms with Crippen molar-refractivity contribution in [3.63, 3.8) is 0 Å². The number of ether oxygens (including phenoxy) is 2. The molecule has 0 N–H and O–H groups in total. The molecule has 0 bridgehead atoms. The van der Waals surface area contributed by atoms with E-state index in [1.54, 1.807) is 14.2 Å². The van der Waals surface area contributed by atoms with E-state index >= 15 is 0 Å². The molecule has 1 aromatic heterocycles. The van der Waals surface area contributed by atoms with Crippen molar-refractivity contribution in [2.45, 2.75) is 38.9 Å². The molecule has 5 nitrogen and oxygen atoms in total. The molecular weight excluding hydrogens is 338 g/mol. The van der Waals surface area contributed by atoms with E-state index in [0.29, 0.717) is 6.04 Å². The van der Waals surface area contributed by atoms with Crippen LogP contribution < -0.4 is 9.47 Å². The minimum Gasteiger partial charge on any atom is -0.493 e. The van der Waals surface area contributed by atoms with Crippen molar-refractivity contribution in [2.24, 2.45) is 0 Å². The van der Waals surface area contributed by atoms with Crippen molar-refractivity contribution < 1.29 is 9.47 Å². The van der Waals surface area contributed by atoms with E-state index in [0.717, 1.165) is 37.7 Å². The molecule has 0 amide bonds. The van der Waals surface area contributed by atoms with Crippen LogP contribution in [0.3, 0.4) is 0 Å². The van der Waals surface area contributed by atoms with E-state index in [9.17, 15) is 0 Å². The van der Waals surface area contributed by atoms with Gasteiger partial charge in [0, 0.05) is 38.1 Å². The SMILES string of the molecule is CCN1CCCC1CN(Cc1cccnc1)Cc1ccc(OC)c(OC)c1. The maximum Gasteiger partial charge on any atom is 0.161 e. The average Bonchev–Trinajstić information content (AvgIpc) is 3.15. The third kappa shape index (κ3) is 5.21. The van der Waals surface area contributed by atoms with Gasteiger partial charge in [0.2, 0.25) is 0 Å². The van der Waals surface area contributed by atoms with Crippen molar-refractivity contribution in [3.05, 3.63) is 53.9 Å². The van der Waals surface area contributed by atoms with Crippen LogP contribution in [0.25, 0.3) is 0 Å². The van der Waals surface area contributed by atoms with Crippen LogP contribution >= 0.6 is 0 Å². The van der Waals surface area contributed by atoms with Crippen molar-refractivity contribution >= 4 is 0 Å². The number of likely N-dealkylation sites (N-methyl/N-ethyl adjacent to an activating group) is 1. The highest BCUT2D eigenvalue weighted by molar-refractivity contribution is 5.42. The maximum absolute atomic E-state index is 5.48. The van der Waals surface area contributed by atoms with Gasteiger partial charge in [-0.2, -0.15) is 0 Å². The third-order valence-corrected chi connectivity index (χ3v) is 5.36. The smallest absolute Gasteiger partial charge is 0.161 e. The van der Waals surface area contributed by atoms with Crippen molar-refractivity contribution in [1.82, 2.24) is 14.8 Å². The Morgan fingerprint density at radius 2 is 1.93 bits per heavy atom. The van der Waals surface area contributed by atoms with Crippen LogP contribution in [0.5, 0.6) is 11.5 Å². The molecule has 1 saturated heterocycles. The lowest BCUT2D eigenvalue weighted by Gasteiger charge is -2.30. The second-order valence-electron chi connectivity index (χ2n) is 7.14. The van der Waals surface area contributed by atoms with E-state index in [1.165, 1.54) is 30.5 Å². The first-order chi connectivity index (χ1) is 13.2. The molecular formula is C22H31N3O2. The van der Waals surface area contributed by atoms with Crippen LogP contribution in [0.4, 0.5) is 0 Å². The second-order valence-corrected chi connectivity index (χ2v) is 7.14. The van der Waals surface area contributed by atoms with Gasteiger partial charge in [-0.1, -0.05) is 19.1 Å². The minimum absolute atomic E-state index is 0.631. The number of likely N-dealkylation sites (tertiary alicyclic amines) is 1. The van der Waals surface area contributed by atoms with Gasteiger partial charge in [-0.15, -0.1) is 0 Å². The summed E-state index contributed by atoms with van der Waals surface area (Å²) in [7, 11) is 3.36. The molecule has 2 heterocycles. The van der Waals surface area contributed by atoms with Crippen LogP contribution in [-0.2, 0) is 13.1 Å². The first kappa shape index (κ1) is 19.6. The Balaban J connectivity index is 1.76. The van der Waals surface area contributed by atoms with Gasteiger partial charge in [-0.3, -0.25) is 14.8 Å². The number of hydrogen-bond donors (Lipinski definition) is 0. The van der Waals surface area contributed by atoms with E-state index in [1.807, 2.05) is 24.5 Å². The van der Waals surface area contributed by atoms with Gasteiger partial charge < -0.3 is 9.47 Å². The predicted molar refractivity (Wildman–Crippen MR) is 108 cm³/mol. The monoisotopic (exact) mass is 369 g/mol. The summed E-state index contributed by atoms with van der Waals surface area (Å²) in [5.41, 5.74) is 2.48. The number of hydrogen-bond acceptors (Lipinski definition) is 5. The fourth-order valence-corrected chi connectivity index (χ4v) is 3.99. The molecule has 0 spiro atoms. The standard InChI is InChI=1S/C22H31N3O2/c1-4-25-12-6-8-20(25)17-24(16-19-7-5-11-23-14-19)15-18-9-10-21(26-2)22(13-18)27-3/h5,7,9-11,13-14,20H,4,6,8,12,15-17H2,1-3H3. The number of nitrogens with zero attached hydrogens (tertiary/aromatic N) is 3. The number of pyridine rings is 1. The Kier molecular flexibility index (Phi) is 7.07. The zero-order valence-electron chi connectivity index (χ0n) is 16.7. The summed E-state index contributed by atoms with van der Waals surface area (Å²) in [6.07, 6.45) is 6.38. The number of rotatable bonds is 9. The fraction of sp³-hybridized carbons (Fsp3) is 0.500. The molecule has 5 heteroatoms. The summed E-state index contributed by atoms with van der Waals surface area (Å²) in [6.45, 7) is 7.45. The third-order valence-electron chi connectivity index (χ3n) is 5.36. The van der Waals surface area contributed by atoms with Gasteiger partial charge in [-0.25, -0.2) is 0 Å². The van der Waals surface area contributed by atoms with Gasteiger partial charge in [-0.05, 0) is 55.3 Å². The Morgan fingerprint density at radius 3 is 2.63 bits per heavy atom. The maximum atomic E-state index is 5.48. The van der Waals surface area contributed by atoms with Crippen molar-refractivity contribution in [1.29, 1.82) is 0 Å². The van der Waals surface area contributed by atoms with Gasteiger partial charge in [0.15, 0.2) is 11.5 Å².